The molecule has 0 aliphatic carbocycles. The monoisotopic (exact) mass is 397 g/mol. The minimum atomic E-state index is -0.277. The van der Waals surface area contributed by atoms with Crippen LogP contribution in [-0.2, 0) is 11.2 Å². The van der Waals surface area contributed by atoms with E-state index in [1.54, 1.807) is 18.2 Å². The molecule has 0 atom stereocenters. The number of aromatic nitrogens is 1. The third kappa shape index (κ3) is 5.01. The van der Waals surface area contributed by atoms with Gasteiger partial charge in [0, 0.05) is 29.6 Å². The molecular weight excluding hydrogens is 377 g/mol. The van der Waals surface area contributed by atoms with Crippen molar-refractivity contribution in [3.8, 4) is 10.6 Å². The van der Waals surface area contributed by atoms with Gasteiger partial charge >= 0.3 is 0 Å². The molecule has 28 heavy (non-hydrogen) atoms. The zero-order valence-electron chi connectivity index (χ0n) is 15.6. The standard InChI is InChI=1S/C21H20FN3O2S/c1-13-19(20(27)23-11-10-15-6-8-17(22)9-7-15)25-21(28-13)16-4-3-5-18(12-16)24-14(2)26/h3-9,12H,10-11H2,1-2H3,(H,23,27)(H,24,26). The number of halogens is 1. The van der Waals surface area contributed by atoms with Crippen LogP contribution in [0, 0.1) is 12.7 Å². The summed E-state index contributed by atoms with van der Waals surface area (Å²) >= 11 is 1.43. The van der Waals surface area contributed by atoms with Crippen molar-refractivity contribution in [2.24, 2.45) is 0 Å². The molecule has 3 rings (SSSR count). The van der Waals surface area contributed by atoms with E-state index in [4.69, 9.17) is 0 Å². The Hall–Kier alpha value is -3.06. The fraction of sp³-hybridized carbons (Fsp3) is 0.190. The Morgan fingerprint density at radius 2 is 1.89 bits per heavy atom. The second-order valence-corrected chi connectivity index (χ2v) is 7.52. The third-order valence-electron chi connectivity index (χ3n) is 4.05. The minimum absolute atomic E-state index is 0.145. The van der Waals surface area contributed by atoms with Crippen molar-refractivity contribution in [2.45, 2.75) is 20.3 Å². The number of carbonyl (C=O) groups is 2. The van der Waals surface area contributed by atoms with Crippen molar-refractivity contribution in [1.29, 1.82) is 0 Å². The normalized spacial score (nSPS) is 10.5. The van der Waals surface area contributed by atoms with Crippen molar-refractivity contribution in [3.05, 3.63) is 70.5 Å². The van der Waals surface area contributed by atoms with E-state index in [0.717, 1.165) is 16.0 Å². The maximum Gasteiger partial charge on any atom is 0.271 e. The number of rotatable bonds is 6. The zero-order chi connectivity index (χ0) is 20.1. The van der Waals surface area contributed by atoms with Crippen molar-refractivity contribution in [1.82, 2.24) is 10.3 Å². The SMILES string of the molecule is CC(=O)Nc1cccc(-c2nc(C(=O)NCCc3ccc(F)cc3)c(C)s2)c1. The van der Waals surface area contributed by atoms with E-state index >= 15 is 0 Å². The predicted molar refractivity (Wildman–Crippen MR) is 109 cm³/mol. The smallest absolute Gasteiger partial charge is 0.271 e. The van der Waals surface area contributed by atoms with Crippen LogP contribution in [0.5, 0.6) is 0 Å². The fourth-order valence-electron chi connectivity index (χ4n) is 2.72. The number of benzene rings is 2. The van der Waals surface area contributed by atoms with Crippen LogP contribution >= 0.6 is 11.3 Å². The Kier molecular flexibility index (Phi) is 6.16. The molecule has 2 amide bonds. The van der Waals surface area contributed by atoms with E-state index in [1.807, 2.05) is 25.1 Å². The molecule has 3 aromatic rings. The average molecular weight is 397 g/mol. The summed E-state index contributed by atoms with van der Waals surface area (Å²) in [6.45, 7) is 3.75. The third-order valence-corrected chi connectivity index (χ3v) is 5.07. The first-order chi connectivity index (χ1) is 13.4. The van der Waals surface area contributed by atoms with Crippen molar-refractivity contribution >= 4 is 28.8 Å². The summed E-state index contributed by atoms with van der Waals surface area (Å²) in [5, 5.41) is 6.32. The highest BCUT2D eigenvalue weighted by molar-refractivity contribution is 7.15. The molecule has 144 valence electrons. The number of thiazole rings is 1. The summed E-state index contributed by atoms with van der Waals surface area (Å²) in [4.78, 5) is 29.0. The van der Waals surface area contributed by atoms with Gasteiger partial charge < -0.3 is 10.6 Å². The molecule has 0 radical (unpaired) electrons. The number of nitrogens with one attached hydrogen (secondary N) is 2. The van der Waals surface area contributed by atoms with Gasteiger partial charge in [-0.2, -0.15) is 0 Å². The average Bonchev–Trinajstić information content (AvgIpc) is 3.05. The van der Waals surface area contributed by atoms with Crippen LogP contribution in [0.15, 0.2) is 48.5 Å². The maximum atomic E-state index is 12.9. The Balaban J connectivity index is 1.67. The Labute approximate surface area is 166 Å². The van der Waals surface area contributed by atoms with Gasteiger partial charge in [-0.05, 0) is 43.2 Å². The van der Waals surface area contributed by atoms with Crippen LogP contribution in [0.1, 0.15) is 27.9 Å². The second kappa shape index (κ2) is 8.75. The molecule has 5 nitrogen and oxygen atoms in total. The molecule has 0 aliphatic heterocycles. The lowest BCUT2D eigenvalue weighted by molar-refractivity contribution is -0.114. The number of aryl methyl sites for hydroxylation is 1. The summed E-state index contributed by atoms with van der Waals surface area (Å²) in [6.07, 6.45) is 0.612. The van der Waals surface area contributed by atoms with Crippen molar-refractivity contribution in [3.63, 3.8) is 0 Å². The van der Waals surface area contributed by atoms with E-state index in [9.17, 15) is 14.0 Å². The first-order valence-electron chi connectivity index (χ1n) is 8.80. The maximum absolute atomic E-state index is 12.9. The molecular formula is C21H20FN3O2S. The molecule has 2 aromatic carbocycles. The minimum Gasteiger partial charge on any atom is -0.350 e. The van der Waals surface area contributed by atoms with E-state index in [1.165, 1.54) is 30.4 Å². The topological polar surface area (TPSA) is 71.1 Å². The Morgan fingerprint density at radius 1 is 1.14 bits per heavy atom. The van der Waals surface area contributed by atoms with Gasteiger partial charge in [0.05, 0.1) is 0 Å². The van der Waals surface area contributed by atoms with E-state index < -0.39 is 0 Å². The lowest BCUT2D eigenvalue weighted by atomic mass is 10.1. The Morgan fingerprint density at radius 3 is 2.61 bits per heavy atom. The van der Waals surface area contributed by atoms with Gasteiger partial charge in [0.2, 0.25) is 5.91 Å². The van der Waals surface area contributed by atoms with Gasteiger partial charge in [0.1, 0.15) is 16.5 Å². The molecule has 2 N–H and O–H groups in total. The lowest BCUT2D eigenvalue weighted by Gasteiger charge is -2.05. The molecule has 0 saturated heterocycles. The van der Waals surface area contributed by atoms with E-state index in [0.29, 0.717) is 29.4 Å². The van der Waals surface area contributed by atoms with Crippen LogP contribution in [0.25, 0.3) is 10.6 Å². The number of carbonyl (C=O) groups excluding carboxylic acids is 2. The number of hydrogen-bond acceptors (Lipinski definition) is 4. The highest BCUT2D eigenvalue weighted by atomic mass is 32.1. The summed E-state index contributed by atoms with van der Waals surface area (Å²) < 4.78 is 12.9. The number of amides is 2. The first-order valence-corrected chi connectivity index (χ1v) is 9.62. The fourth-order valence-corrected chi connectivity index (χ4v) is 3.63. The van der Waals surface area contributed by atoms with Gasteiger partial charge in [0.25, 0.3) is 5.91 Å². The van der Waals surface area contributed by atoms with Gasteiger partial charge in [-0.25, -0.2) is 9.37 Å². The summed E-state index contributed by atoms with van der Waals surface area (Å²) in [5.74, 6) is -0.658. The molecule has 1 heterocycles. The highest BCUT2D eigenvalue weighted by Gasteiger charge is 2.16. The predicted octanol–water partition coefficient (Wildman–Crippen LogP) is 4.19. The van der Waals surface area contributed by atoms with E-state index in [2.05, 4.69) is 15.6 Å². The van der Waals surface area contributed by atoms with Crippen LogP contribution in [0.4, 0.5) is 10.1 Å². The molecule has 0 bridgehead atoms. The number of hydrogen-bond donors (Lipinski definition) is 2. The summed E-state index contributed by atoms with van der Waals surface area (Å²) in [5.41, 5.74) is 2.86. The van der Waals surface area contributed by atoms with E-state index in [-0.39, 0.29) is 17.6 Å². The lowest BCUT2D eigenvalue weighted by Crippen LogP contribution is -2.26. The Bertz CT molecular complexity index is 999. The largest absolute Gasteiger partial charge is 0.350 e. The number of anilines is 1. The molecule has 1 aromatic heterocycles. The highest BCUT2D eigenvalue weighted by Crippen LogP contribution is 2.29. The summed E-state index contributed by atoms with van der Waals surface area (Å²) in [6, 6.07) is 13.6. The molecule has 0 aliphatic rings. The quantitative estimate of drug-likeness (QED) is 0.655. The summed E-state index contributed by atoms with van der Waals surface area (Å²) in [7, 11) is 0. The molecule has 0 fully saturated rings. The van der Waals surface area contributed by atoms with Gasteiger partial charge in [-0.15, -0.1) is 11.3 Å². The van der Waals surface area contributed by atoms with Crippen molar-refractivity contribution in [2.75, 3.05) is 11.9 Å². The zero-order valence-corrected chi connectivity index (χ0v) is 16.4. The molecule has 7 heteroatoms. The molecule has 0 saturated carbocycles. The van der Waals surface area contributed by atoms with Crippen LogP contribution in [0.3, 0.4) is 0 Å². The van der Waals surface area contributed by atoms with Crippen LogP contribution < -0.4 is 10.6 Å². The molecule has 0 spiro atoms. The van der Waals surface area contributed by atoms with Gasteiger partial charge in [0.15, 0.2) is 0 Å². The van der Waals surface area contributed by atoms with Crippen molar-refractivity contribution < 1.29 is 14.0 Å². The van der Waals surface area contributed by atoms with Crippen LogP contribution in [-0.4, -0.2) is 23.3 Å². The number of nitrogens with zero attached hydrogens (tertiary/aromatic N) is 1. The van der Waals surface area contributed by atoms with Gasteiger partial charge in [-0.1, -0.05) is 24.3 Å². The first kappa shape index (κ1) is 19.7. The second-order valence-electron chi connectivity index (χ2n) is 6.32. The molecule has 0 unspecified atom stereocenters. The van der Waals surface area contributed by atoms with Crippen LogP contribution in [0.2, 0.25) is 0 Å². The van der Waals surface area contributed by atoms with Gasteiger partial charge in [-0.3, -0.25) is 9.59 Å².